The Morgan fingerprint density at radius 2 is 2.08 bits per heavy atom. The van der Waals surface area contributed by atoms with E-state index < -0.39 is 0 Å². The molecule has 1 aromatic rings. The molecule has 0 bridgehead atoms. The topological polar surface area (TPSA) is 76.8 Å². The Morgan fingerprint density at radius 3 is 2.54 bits per heavy atom. The van der Waals surface area contributed by atoms with Gasteiger partial charge >= 0.3 is 0 Å². The Morgan fingerprint density at radius 1 is 1.38 bits per heavy atom. The standard InChI is InChI=1S/C7H9ClN4S/c1-4(11-12-7(9)10)5-2-3-6(8)13-5/h2-3H,1H3,(H4,9,10,12)/b11-4-. The maximum absolute atomic E-state index is 5.75. The summed E-state index contributed by atoms with van der Waals surface area (Å²) in [5, 5.41) is 7.35. The van der Waals surface area contributed by atoms with Gasteiger partial charge in [0.25, 0.3) is 0 Å². The fourth-order valence-corrected chi connectivity index (χ4v) is 1.67. The van der Waals surface area contributed by atoms with E-state index >= 15 is 0 Å². The second-order valence-electron chi connectivity index (χ2n) is 2.31. The summed E-state index contributed by atoms with van der Waals surface area (Å²) in [4.78, 5) is 0.954. The molecular weight excluding hydrogens is 208 g/mol. The normalized spacial score (nSPS) is 11.4. The summed E-state index contributed by atoms with van der Waals surface area (Å²) in [6.07, 6.45) is 0. The lowest BCUT2D eigenvalue weighted by molar-refractivity contribution is 1.20. The van der Waals surface area contributed by atoms with Gasteiger partial charge in [-0.2, -0.15) is 5.10 Å². The molecular formula is C7H9ClN4S. The quantitative estimate of drug-likeness (QED) is 0.445. The third kappa shape index (κ3) is 3.04. The monoisotopic (exact) mass is 216 g/mol. The van der Waals surface area contributed by atoms with Crippen molar-refractivity contribution in [2.45, 2.75) is 6.92 Å². The van der Waals surface area contributed by atoms with Gasteiger partial charge in [0.1, 0.15) is 0 Å². The van der Waals surface area contributed by atoms with Gasteiger partial charge in [-0.25, -0.2) is 0 Å². The van der Waals surface area contributed by atoms with Crippen molar-refractivity contribution in [1.29, 1.82) is 0 Å². The van der Waals surface area contributed by atoms with Crippen LogP contribution in [0.4, 0.5) is 0 Å². The van der Waals surface area contributed by atoms with Gasteiger partial charge in [0.2, 0.25) is 5.96 Å². The average Bonchev–Trinajstić information content (AvgIpc) is 2.47. The van der Waals surface area contributed by atoms with E-state index in [9.17, 15) is 0 Å². The summed E-state index contributed by atoms with van der Waals surface area (Å²) >= 11 is 7.18. The van der Waals surface area contributed by atoms with Gasteiger partial charge in [0.05, 0.1) is 14.9 Å². The van der Waals surface area contributed by atoms with E-state index in [0.717, 1.165) is 10.6 Å². The zero-order valence-electron chi connectivity index (χ0n) is 6.99. The number of nitrogens with two attached hydrogens (primary N) is 2. The zero-order valence-corrected chi connectivity index (χ0v) is 8.56. The maximum atomic E-state index is 5.75. The highest BCUT2D eigenvalue weighted by atomic mass is 35.5. The molecule has 0 fully saturated rings. The largest absolute Gasteiger partial charge is 0.369 e. The Bertz CT molecular complexity index is 351. The summed E-state index contributed by atoms with van der Waals surface area (Å²) in [6.45, 7) is 1.81. The lowest BCUT2D eigenvalue weighted by Crippen LogP contribution is -2.22. The molecule has 1 aromatic heterocycles. The third-order valence-electron chi connectivity index (χ3n) is 1.25. The number of halogens is 1. The number of thiophene rings is 1. The van der Waals surface area contributed by atoms with Crippen LogP contribution in [0.1, 0.15) is 11.8 Å². The van der Waals surface area contributed by atoms with Gasteiger partial charge in [-0.15, -0.1) is 16.4 Å². The number of nitrogens with zero attached hydrogens (tertiary/aromatic N) is 2. The van der Waals surface area contributed by atoms with Crippen molar-refractivity contribution in [1.82, 2.24) is 0 Å². The fourth-order valence-electron chi connectivity index (χ4n) is 0.691. The Hall–Kier alpha value is -1.07. The van der Waals surface area contributed by atoms with Crippen LogP contribution in [0.15, 0.2) is 22.3 Å². The Balaban J connectivity index is 2.85. The molecule has 70 valence electrons. The van der Waals surface area contributed by atoms with Crippen molar-refractivity contribution in [2.24, 2.45) is 21.7 Å². The molecule has 0 amide bonds. The molecule has 4 nitrogen and oxygen atoms in total. The van der Waals surface area contributed by atoms with Crippen LogP contribution in [0, 0.1) is 0 Å². The van der Waals surface area contributed by atoms with Crippen LogP contribution in [-0.4, -0.2) is 11.7 Å². The van der Waals surface area contributed by atoms with Gasteiger partial charge in [-0.1, -0.05) is 11.6 Å². The number of guanidine groups is 1. The molecule has 1 rings (SSSR count). The SMILES string of the molecule is C/C(=N/N=C(N)N)c1ccc(Cl)s1. The molecule has 0 saturated heterocycles. The molecule has 0 atom stereocenters. The first-order valence-electron chi connectivity index (χ1n) is 3.48. The van der Waals surface area contributed by atoms with E-state index in [1.54, 1.807) is 6.07 Å². The number of hydrogen-bond acceptors (Lipinski definition) is 3. The molecule has 0 aliphatic carbocycles. The van der Waals surface area contributed by atoms with E-state index in [4.69, 9.17) is 23.1 Å². The van der Waals surface area contributed by atoms with Crippen LogP contribution in [0.5, 0.6) is 0 Å². The highest BCUT2D eigenvalue weighted by Crippen LogP contribution is 2.21. The lowest BCUT2D eigenvalue weighted by atomic mass is 10.3. The van der Waals surface area contributed by atoms with Crippen molar-refractivity contribution >= 4 is 34.6 Å². The molecule has 13 heavy (non-hydrogen) atoms. The first-order chi connectivity index (χ1) is 6.09. The second kappa shape index (κ2) is 4.25. The van der Waals surface area contributed by atoms with Crippen LogP contribution in [-0.2, 0) is 0 Å². The molecule has 0 radical (unpaired) electrons. The Kier molecular flexibility index (Phi) is 3.27. The minimum atomic E-state index is -0.0537. The summed E-state index contributed by atoms with van der Waals surface area (Å²) in [5.74, 6) is -0.0537. The molecule has 0 aromatic carbocycles. The second-order valence-corrected chi connectivity index (χ2v) is 4.03. The molecule has 0 aliphatic heterocycles. The van der Waals surface area contributed by atoms with E-state index in [2.05, 4.69) is 10.2 Å². The average molecular weight is 217 g/mol. The van der Waals surface area contributed by atoms with Crippen LogP contribution < -0.4 is 11.5 Å². The van der Waals surface area contributed by atoms with Crippen molar-refractivity contribution in [2.75, 3.05) is 0 Å². The molecule has 0 saturated carbocycles. The summed E-state index contributed by atoms with van der Waals surface area (Å²) in [5.41, 5.74) is 11.0. The molecule has 1 heterocycles. The van der Waals surface area contributed by atoms with Crippen molar-refractivity contribution in [3.63, 3.8) is 0 Å². The van der Waals surface area contributed by atoms with Gasteiger partial charge in [-0.3, -0.25) is 0 Å². The van der Waals surface area contributed by atoms with Crippen molar-refractivity contribution < 1.29 is 0 Å². The zero-order chi connectivity index (χ0) is 9.84. The third-order valence-corrected chi connectivity index (χ3v) is 2.59. The van der Waals surface area contributed by atoms with Gasteiger partial charge in [-0.05, 0) is 19.1 Å². The van der Waals surface area contributed by atoms with Gasteiger partial charge in [0.15, 0.2) is 0 Å². The smallest absolute Gasteiger partial charge is 0.211 e. The molecule has 0 spiro atoms. The van der Waals surface area contributed by atoms with E-state index in [1.165, 1.54) is 11.3 Å². The minimum absolute atomic E-state index is 0.0537. The van der Waals surface area contributed by atoms with Crippen molar-refractivity contribution in [3.8, 4) is 0 Å². The molecule has 0 aliphatic rings. The van der Waals surface area contributed by atoms with Gasteiger partial charge < -0.3 is 11.5 Å². The highest BCUT2D eigenvalue weighted by Gasteiger charge is 2.00. The van der Waals surface area contributed by atoms with Crippen LogP contribution in [0.2, 0.25) is 4.34 Å². The van der Waals surface area contributed by atoms with Crippen LogP contribution >= 0.6 is 22.9 Å². The first-order valence-corrected chi connectivity index (χ1v) is 4.68. The summed E-state index contributed by atoms with van der Waals surface area (Å²) in [7, 11) is 0. The highest BCUT2D eigenvalue weighted by molar-refractivity contribution is 7.18. The molecule has 4 N–H and O–H groups in total. The molecule has 6 heteroatoms. The van der Waals surface area contributed by atoms with Crippen LogP contribution in [0.3, 0.4) is 0 Å². The van der Waals surface area contributed by atoms with E-state index in [0.29, 0.717) is 4.34 Å². The first kappa shape index (κ1) is 10.0. The van der Waals surface area contributed by atoms with Crippen molar-refractivity contribution in [3.05, 3.63) is 21.3 Å². The maximum Gasteiger partial charge on any atom is 0.211 e. The number of rotatable bonds is 2. The van der Waals surface area contributed by atoms with Crippen LogP contribution in [0.25, 0.3) is 0 Å². The summed E-state index contributed by atoms with van der Waals surface area (Å²) in [6, 6.07) is 3.67. The van der Waals surface area contributed by atoms with E-state index in [-0.39, 0.29) is 5.96 Å². The van der Waals surface area contributed by atoms with E-state index in [1.807, 2.05) is 13.0 Å². The number of hydrogen-bond donors (Lipinski definition) is 2. The predicted octanol–water partition coefficient (Wildman–Crippen LogP) is 1.40. The summed E-state index contributed by atoms with van der Waals surface area (Å²) < 4.78 is 0.717. The minimum Gasteiger partial charge on any atom is -0.369 e. The predicted molar refractivity (Wildman–Crippen MR) is 57.3 cm³/mol. The lowest BCUT2D eigenvalue weighted by Gasteiger charge is -1.91. The molecule has 0 unspecified atom stereocenters. The Labute approximate surface area is 84.9 Å². The fraction of sp³-hybridized carbons (Fsp3) is 0.143. The van der Waals surface area contributed by atoms with Gasteiger partial charge in [0, 0.05) is 0 Å².